The lowest BCUT2D eigenvalue weighted by atomic mass is 10.2. The third-order valence-electron chi connectivity index (χ3n) is 1.51. The van der Waals surface area contributed by atoms with Gasteiger partial charge in [0.2, 0.25) is 5.91 Å². The number of nitriles is 1. The molecule has 0 fully saturated rings. The van der Waals surface area contributed by atoms with Gasteiger partial charge in [0.1, 0.15) is 5.92 Å². The molecule has 0 aliphatic rings. The summed E-state index contributed by atoms with van der Waals surface area (Å²) in [6.07, 6.45) is 0. The SMILES string of the molecule is CC(C#N)C(=O)NCc1cscn1. The molecular weight excluding hydrogens is 186 g/mol. The van der Waals surface area contributed by atoms with Crippen LogP contribution in [0.1, 0.15) is 12.6 Å². The van der Waals surface area contributed by atoms with Crippen molar-refractivity contribution in [3.63, 3.8) is 0 Å². The van der Waals surface area contributed by atoms with E-state index < -0.39 is 5.92 Å². The molecule has 0 aliphatic heterocycles. The molecule has 0 saturated heterocycles. The van der Waals surface area contributed by atoms with E-state index in [9.17, 15) is 4.79 Å². The fourth-order valence-corrected chi connectivity index (χ4v) is 1.27. The van der Waals surface area contributed by atoms with Crippen LogP contribution in [0.15, 0.2) is 10.9 Å². The van der Waals surface area contributed by atoms with Crippen LogP contribution in [0.25, 0.3) is 0 Å². The highest BCUT2D eigenvalue weighted by Crippen LogP contribution is 2.00. The maximum absolute atomic E-state index is 11.1. The van der Waals surface area contributed by atoms with Crippen LogP contribution in [-0.4, -0.2) is 10.9 Å². The molecule has 0 saturated carbocycles. The van der Waals surface area contributed by atoms with Crippen molar-refractivity contribution in [2.24, 2.45) is 5.92 Å². The van der Waals surface area contributed by atoms with Crippen LogP contribution in [0, 0.1) is 17.2 Å². The Bertz CT molecular complexity index is 315. The van der Waals surface area contributed by atoms with E-state index in [1.165, 1.54) is 11.3 Å². The summed E-state index contributed by atoms with van der Waals surface area (Å²) in [4.78, 5) is 15.1. The minimum atomic E-state index is -0.598. The second-order valence-electron chi connectivity index (χ2n) is 2.55. The highest BCUT2D eigenvalue weighted by molar-refractivity contribution is 7.07. The third-order valence-corrected chi connectivity index (χ3v) is 2.15. The van der Waals surface area contributed by atoms with E-state index in [1.54, 1.807) is 12.4 Å². The van der Waals surface area contributed by atoms with E-state index in [-0.39, 0.29) is 5.91 Å². The van der Waals surface area contributed by atoms with Crippen molar-refractivity contribution in [1.29, 1.82) is 5.26 Å². The normalized spacial score (nSPS) is 11.7. The van der Waals surface area contributed by atoms with Gasteiger partial charge in [0, 0.05) is 5.38 Å². The Morgan fingerprint density at radius 2 is 2.69 bits per heavy atom. The number of hydrogen-bond donors (Lipinski definition) is 1. The molecule has 0 aliphatic carbocycles. The number of thiazole rings is 1. The van der Waals surface area contributed by atoms with Crippen molar-refractivity contribution in [1.82, 2.24) is 10.3 Å². The molecule has 0 radical (unpaired) electrons. The highest BCUT2D eigenvalue weighted by Gasteiger charge is 2.10. The highest BCUT2D eigenvalue weighted by atomic mass is 32.1. The largest absolute Gasteiger partial charge is 0.349 e. The van der Waals surface area contributed by atoms with Gasteiger partial charge in [0.05, 0.1) is 23.8 Å². The van der Waals surface area contributed by atoms with Crippen LogP contribution in [-0.2, 0) is 11.3 Å². The summed E-state index contributed by atoms with van der Waals surface area (Å²) < 4.78 is 0. The third kappa shape index (κ3) is 2.84. The predicted molar refractivity (Wildman–Crippen MR) is 48.7 cm³/mol. The second-order valence-corrected chi connectivity index (χ2v) is 3.27. The first-order valence-electron chi connectivity index (χ1n) is 3.78. The Kier molecular flexibility index (Phi) is 3.41. The van der Waals surface area contributed by atoms with Crippen molar-refractivity contribution in [3.8, 4) is 6.07 Å². The van der Waals surface area contributed by atoms with E-state index >= 15 is 0 Å². The molecule has 5 heteroatoms. The standard InChI is InChI=1S/C8H9N3OS/c1-6(2-9)8(12)10-3-7-4-13-5-11-7/h4-6H,3H2,1H3,(H,10,12). The van der Waals surface area contributed by atoms with Crippen LogP contribution in [0.2, 0.25) is 0 Å². The lowest BCUT2D eigenvalue weighted by molar-refractivity contribution is -0.123. The van der Waals surface area contributed by atoms with Crippen molar-refractivity contribution >= 4 is 17.2 Å². The van der Waals surface area contributed by atoms with Crippen molar-refractivity contribution in [3.05, 3.63) is 16.6 Å². The smallest absolute Gasteiger partial charge is 0.237 e. The maximum atomic E-state index is 11.1. The van der Waals surface area contributed by atoms with Gasteiger partial charge in [0.15, 0.2) is 0 Å². The van der Waals surface area contributed by atoms with Gasteiger partial charge in [-0.1, -0.05) is 0 Å². The molecule has 0 bridgehead atoms. The molecule has 1 heterocycles. The van der Waals surface area contributed by atoms with E-state index in [0.29, 0.717) is 6.54 Å². The lowest BCUT2D eigenvalue weighted by Crippen LogP contribution is -2.27. The molecule has 1 rings (SSSR count). The lowest BCUT2D eigenvalue weighted by Gasteiger charge is -2.03. The molecule has 4 nitrogen and oxygen atoms in total. The van der Waals surface area contributed by atoms with Crippen molar-refractivity contribution < 1.29 is 4.79 Å². The summed E-state index contributed by atoms with van der Waals surface area (Å²) in [5.41, 5.74) is 2.53. The number of aromatic nitrogens is 1. The summed E-state index contributed by atoms with van der Waals surface area (Å²) in [6, 6.07) is 1.86. The average molecular weight is 195 g/mol. The van der Waals surface area contributed by atoms with E-state index in [0.717, 1.165) is 5.69 Å². The number of hydrogen-bond acceptors (Lipinski definition) is 4. The number of amides is 1. The Labute approximate surface area is 80.2 Å². The molecular formula is C8H9N3OS. The zero-order valence-corrected chi connectivity index (χ0v) is 7.97. The molecule has 0 spiro atoms. The van der Waals surface area contributed by atoms with Crippen LogP contribution in [0.5, 0.6) is 0 Å². The first kappa shape index (κ1) is 9.68. The van der Waals surface area contributed by atoms with E-state index in [2.05, 4.69) is 10.3 Å². The van der Waals surface area contributed by atoms with Gasteiger partial charge >= 0.3 is 0 Å². The average Bonchev–Trinajstić information content (AvgIpc) is 2.65. The summed E-state index contributed by atoms with van der Waals surface area (Å²) in [5, 5.41) is 12.9. The Morgan fingerprint density at radius 1 is 1.92 bits per heavy atom. The number of nitrogens with zero attached hydrogens (tertiary/aromatic N) is 2. The fraction of sp³-hybridized carbons (Fsp3) is 0.375. The molecule has 0 aromatic carbocycles. The molecule has 13 heavy (non-hydrogen) atoms. The monoisotopic (exact) mass is 195 g/mol. The van der Waals surface area contributed by atoms with E-state index in [4.69, 9.17) is 5.26 Å². The molecule has 68 valence electrons. The van der Waals surface area contributed by atoms with Gasteiger partial charge in [-0.2, -0.15) is 5.26 Å². The molecule has 1 aromatic heterocycles. The first-order valence-corrected chi connectivity index (χ1v) is 4.72. The summed E-state index contributed by atoms with van der Waals surface area (Å²) in [5.74, 6) is -0.853. The topological polar surface area (TPSA) is 65.8 Å². The molecule has 1 N–H and O–H groups in total. The van der Waals surface area contributed by atoms with Crippen LogP contribution < -0.4 is 5.32 Å². The van der Waals surface area contributed by atoms with Gasteiger partial charge in [-0.3, -0.25) is 4.79 Å². The molecule has 1 atom stereocenters. The van der Waals surface area contributed by atoms with Gasteiger partial charge < -0.3 is 5.32 Å². The number of carbonyl (C=O) groups excluding carboxylic acids is 1. The predicted octanol–water partition coefficient (Wildman–Crippen LogP) is 0.919. The number of carbonyl (C=O) groups is 1. The Hall–Kier alpha value is -1.41. The summed E-state index contributed by atoms with van der Waals surface area (Å²) in [7, 11) is 0. The maximum Gasteiger partial charge on any atom is 0.237 e. The number of rotatable bonds is 3. The molecule has 1 amide bonds. The first-order chi connectivity index (χ1) is 6.24. The van der Waals surface area contributed by atoms with Gasteiger partial charge in [-0.15, -0.1) is 11.3 Å². The molecule has 1 unspecified atom stereocenters. The van der Waals surface area contributed by atoms with Crippen molar-refractivity contribution in [2.75, 3.05) is 0 Å². The minimum absolute atomic E-state index is 0.254. The Balaban J connectivity index is 2.36. The minimum Gasteiger partial charge on any atom is -0.349 e. The van der Waals surface area contributed by atoms with Crippen molar-refractivity contribution in [2.45, 2.75) is 13.5 Å². The number of nitrogens with one attached hydrogen (secondary N) is 1. The van der Waals surface area contributed by atoms with Crippen LogP contribution >= 0.6 is 11.3 Å². The summed E-state index contributed by atoms with van der Waals surface area (Å²) >= 11 is 1.48. The Morgan fingerprint density at radius 3 is 3.23 bits per heavy atom. The zero-order chi connectivity index (χ0) is 9.68. The van der Waals surface area contributed by atoms with Gasteiger partial charge in [-0.25, -0.2) is 4.98 Å². The van der Waals surface area contributed by atoms with Gasteiger partial charge in [-0.05, 0) is 6.92 Å². The zero-order valence-electron chi connectivity index (χ0n) is 7.15. The van der Waals surface area contributed by atoms with Gasteiger partial charge in [0.25, 0.3) is 0 Å². The van der Waals surface area contributed by atoms with E-state index in [1.807, 2.05) is 11.4 Å². The van der Waals surface area contributed by atoms with Crippen LogP contribution in [0.4, 0.5) is 0 Å². The second kappa shape index (κ2) is 4.58. The quantitative estimate of drug-likeness (QED) is 0.779. The fourth-order valence-electron chi connectivity index (χ4n) is 0.714. The molecule has 1 aromatic rings. The summed E-state index contributed by atoms with van der Waals surface area (Å²) in [6.45, 7) is 1.96. The van der Waals surface area contributed by atoms with Crippen LogP contribution in [0.3, 0.4) is 0 Å².